The number of methoxy groups -OCH3 is 2. The van der Waals surface area contributed by atoms with Crippen molar-refractivity contribution in [1.29, 1.82) is 0 Å². The Balaban J connectivity index is 1.89. The number of fused-ring (bicyclic) bond motifs is 1. The summed E-state index contributed by atoms with van der Waals surface area (Å²) >= 11 is 0. The van der Waals surface area contributed by atoms with Gasteiger partial charge in [0.25, 0.3) is 5.91 Å². The normalized spacial score (nSPS) is 16.0. The van der Waals surface area contributed by atoms with Crippen molar-refractivity contribution in [2.75, 3.05) is 30.1 Å². The molecule has 0 unspecified atom stereocenters. The average molecular weight is 390 g/mol. The van der Waals surface area contributed by atoms with Gasteiger partial charge in [-0.25, -0.2) is 8.42 Å². The van der Waals surface area contributed by atoms with E-state index in [4.69, 9.17) is 9.47 Å². The molecule has 0 aromatic heterocycles. The van der Waals surface area contributed by atoms with E-state index in [1.54, 1.807) is 43.5 Å². The van der Waals surface area contributed by atoms with Gasteiger partial charge in [-0.2, -0.15) is 0 Å². The molecule has 0 aliphatic carbocycles. The number of nitrogens with zero attached hydrogens (tertiary/aromatic N) is 1. The Bertz CT molecular complexity index is 988. The van der Waals surface area contributed by atoms with Crippen LogP contribution in [0, 0.1) is 0 Å². The molecule has 1 aliphatic heterocycles. The maximum Gasteiger partial charge on any atom is 0.255 e. The van der Waals surface area contributed by atoms with Crippen molar-refractivity contribution in [2.24, 2.45) is 0 Å². The third kappa shape index (κ3) is 3.71. The third-order valence-corrected chi connectivity index (χ3v) is 5.78. The maximum absolute atomic E-state index is 12.7. The van der Waals surface area contributed by atoms with Crippen LogP contribution in [0.5, 0.6) is 11.5 Å². The van der Waals surface area contributed by atoms with E-state index >= 15 is 0 Å². The Morgan fingerprint density at radius 3 is 2.52 bits per heavy atom. The summed E-state index contributed by atoms with van der Waals surface area (Å²) < 4.78 is 35.9. The first kappa shape index (κ1) is 19.0. The zero-order chi connectivity index (χ0) is 19.8. The van der Waals surface area contributed by atoms with Crippen molar-refractivity contribution < 1.29 is 22.7 Å². The molecule has 0 bridgehead atoms. The van der Waals surface area contributed by atoms with Crippen LogP contribution in [-0.2, 0) is 16.4 Å². The number of hydrogen-bond acceptors (Lipinski definition) is 5. The molecule has 2 aromatic carbocycles. The molecular weight excluding hydrogens is 368 g/mol. The molecule has 27 heavy (non-hydrogen) atoms. The molecule has 1 aliphatic rings. The zero-order valence-electron chi connectivity index (χ0n) is 15.6. The van der Waals surface area contributed by atoms with Crippen LogP contribution in [0.25, 0.3) is 0 Å². The van der Waals surface area contributed by atoms with Crippen LogP contribution in [0.4, 0.5) is 11.4 Å². The van der Waals surface area contributed by atoms with Crippen molar-refractivity contribution in [2.45, 2.75) is 19.4 Å². The van der Waals surface area contributed by atoms with Gasteiger partial charge in [0.1, 0.15) is 11.5 Å². The van der Waals surface area contributed by atoms with Gasteiger partial charge in [-0.05, 0) is 49.2 Å². The summed E-state index contributed by atoms with van der Waals surface area (Å²) in [6.45, 7) is 1.85. The van der Waals surface area contributed by atoms with E-state index in [0.717, 1.165) is 5.56 Å². The zero-order valence-corrected chi connectivity index (χ0v) is 16.5. The summed E-state index contributed by atoms with van der Waals surface area (Å²) in [7, 11) is -0.295. The highest BCUT2D eigenvalue weighted by atomic mass is 32.2. The number of carbonyl (C=O) groups is 1. The number of amides is 1. The second kappa shape index (κ2) is 7.11. The topological polar surface area (TPSA) is 84.9 Å². The number of hydrogen-bond donors (Lipinski definition) is 1. The van der Waals surface area contributed by atoms with Gasteiger partial charge < -0.3 is 14.8 Å². The minimum absolute atomic E-state index is 0.174. The molecule has 0 saturated carbocycles. The lowest BCUT2D eigenvalue weighted by molar-refractivity contribution is 0.102. The van der Waals surface area contributed by atoms with Crippen LogP contribution >= 0.6 is 0 Å². The van der Waals surface area contributed by atoms with Gasteiger partial charge in [0.15, 0.2) is 0 Å². The lowest BCUT2D eigenvalue weighted by atomic mass is 10.1. The minimum atomic E-state index is -3.36. The first-order chi connectivity index (χ1) is 12.7. The number of nitrogens with one attached hydrogen (secondary N) is 1. The van der Waals surface area contributed by atoms with Gasteiger partial charge >= 0.3 is 0 Å². The third-order valence-electron chi connectivity index (χ3n) is 4.51. The molecule has 1 heterocycles. The first-order valence-electron chi connectivity index (χ1n) is 8.40. The average Bonchev–Trinajstić information content (AvgIpc) is 2.96. The second-order valence-corrected chi connectivity index (χ2v) is 8.34. The Morgan fingerprint density at radius 2 is 1.89 bits per heavy atom. The van der Waals surface area contributed by atoms with E-state index in [1.165, 1.54) is 17.7 Å². The van der Waals surface area contributed by atoms with E-state index in [1.807, 2.05) is 6.92 Å². The molecule has 7 nitrogen and oxygen atoms in total. The van der Waals surface area contributed by atoms with Crippen molar-refractivity contribution in [3.05, 3.63) is 47.5 Å². The van der Waals surface area contributed by atoms with E-state index in [-0.39, 0.29) is 11.9 Å². The van der Waals surface area contributed by atoms with Gasteiger partial charge in [-0.15, -0.1) is 0 Å². The van der Waals surface area contributed by atoms with Crippen LogP contribution < -0.4 is 19.1 Å². The van der Waals surface area contributed by atoms with Crippen LogP contribution in [0.1, 0.15) is 22.8 Å². The molecule has 0 saturated heterocycles. The fraction of sp³-hybridized carbons (Fsp3) is 0.316. The van der Waals surface area contributed by atoms with Crippen molar-refractivity contribution in [3.8, 4) is 11.5 Å². The van der Waals surface area contributed by atoms with E-state index in [9.17, 15) is 13.2 Å². The van der Waals surface area contributed by atoms with Gasteiger partial charge in [-0.1, -0.05) is 0 Å². The number of rotatable bonds is 5. The summed E-state index contributed by atoms with van der Waals surface area (Å²) in [5.74, 6) is 0.801. The van der Waals surface area contributed by atoms with Crippen molar-refractivity contribution >= 4 is 27.3 Å². The van der Waals surface area contributed by atoms with E-state index < -0.39 is 10.0 Å². The molecule has 2 aromatic rings. The maximum atomic E-state index is 12.7. The highest BCUT2D eigenvalue weighted by molar-refractivity contribution is 7.92. The molecular formula is C19H22N2O5S. The molecule has 8 heteroatoms. The fourth-order valence-corrected chi connectivity index (χ4v) is 4.62. The summed E-state index contributed by atoms with van der Waals surface area (Å²) in [4.78, 5) is 12.7. The Morgan fingerprint density at radius 1 is 1.15 bits per heavy atom. The highest BCUT2D eigenvalue weighted by Crippen LogP contribution is 2.35. The number of ether oxygens (including phenoxy) is 2. The predicted octanol–water partition coefficient (Wildman–Crippen LogP) is 2.67. The lowest BCUT2D eigenvalue weighted by Crippen LogP contribution is -2.34. The quantitative estimate of drug-likeness (QED) is 0.848. The Kier molecular flexibility index (Phi) is 5.01. The molecule has 1 atom stereocenters. The molecule has 1 amide bonds. The number of benzene rings is 2. The molecule has 1 N–H and O–H groups in total. The monoisotopic (exact) mass is 390 g/mol. The molecule has 0 fully saturated rings. The van der Waals surface area contributed by atoms with E-state index in [0.29, 0.717) is 34.9 Å². The molecule has 3 rings (SSSR count). The first-order valence-corrected chi connectivity index (χ1v) is 10.2. The Labute approximate surface area is 158 Å². The van der Waals surface area contributed by atoms with Crippen LogP contribution in [0.15, 0.2) is 36.4 Å². The Hall–Kier alpha value is -2.74. The number of sulfonamides is 1. The van der Waals surface area contributed by atoms with Crippen molar-refractivity contribution in [3.63, 3.8) is 0 Å². The summed E-state index contributed by atoms with van der Waals surface area (Å²) in [6, 6.07) is 9.99. The molecule has 0 spiro atoms. The smallest absolute Gasteiger partial charge is 0.255 e. The van der Waals surface area contributed by atoms with Gasteiger partial charge in [0.05, 0.1) is 31.9 Å². The summed E-state index contributed by atoms with van der Waals surface area (Å²) in [6.07, 6.45) is 1.75. The lowest BCUT2D eigenvalue weighted by Gasteiger charge is -2.21. The predicted molar refractivity (Wildman–Crippen MR) is 104 cm³/mol. The minimum Gasteiger partial charge on any atom is -0.497 e. The molecule has 144 valence electrons. The van der Waals surface area contributed by atoms with E-state index in [2.05, 4.69) is 5.32 Å². The highest BCUT2D eigenvalue weighted by Gasteiger charge is 2.32. The van der Waals surface area contributed by atoms with Crippen LogP contribution in [0.2, 0.25) is 0 Å². The largest absolute Gasteiger partial charge is 0.497 e. The van der Waals surface area contributed by atoms with Crippen molar-refractivity contribution in [1.82, 2.24) is 0 Å². The number of anilines is 2. The summed E-state index contributed by atoms with van der Waals surface area (Å²) in [5.41, 5.74) is 2.40. The molecule has 0 radical (unpaired) electrons. The van der Waals surface area contributed by atoms with Crippen LogP contribution in [0.3, 0.4) is 0 Å². The van der Waals surface area contributed by atoms with Gasteiger partial charge in [-0.3, -0.25) is 9.10 Å². The SMILES string of the molecule is COc1ccc(OC)c(NC(=O)c2ccc3c(c2)C[C@@H](C)N3S(C)(=O)=O)c1. The summed E-state index contributed by atoms with van der Waals surface area (Å²) in [5, 5.41) is 2.82. The fourth-order valence-electron chi connectivity index (χ4n) is 3.36. The second-order valence-electron chi connectivity index (χ2n) is 6.48. The van der Waals surface area contributed by atoms with Gasteiger partial charge in [0.2, 0.25) is 10.0 Å². The number of carbonyl (C=O) groups excluding carboxylic acids is 1. The standard InChI is InChI=1S/C19H22N2O5S/c1-12-9-14-10-13(5-7-17(14)21(12)27(4,23)24)19(22)20-16-11-15(25-2)6-8-18(16)26-3/h5-8,10-12H,9H2,1-4H3,(H,20,22)/t12-/m1/s1. The van der Waals surface area contributed by atoms with Gasteiger partial charge in [0, 0.05) is 17.7 Å². The van der Waals surface area contributed by atoms with Crippen LogP contribution in [-0.4, -0.2) is 40.8 Å².